The highest BCUT2D eigenvalue weighted by molar-refractivity contribution is 9.10. The molecule has 1 unspecified atom stereocenters. The van der Waals surface area contributed by atoms with Crippen molar-refractivity contribution < 1.29 is 19.5 Å². The Morgan fingerprint density at radius 1 is 1.24 bits per heavy atom. The average Bonchev–Trinajstić information content (AvgIpc) is 2.62. The van der Waals surface area contributed by atoms with Crippen LogP contribution in [0.2, 0.25) is 0 Å². The largest absolute Gasteiger partial charge is 0.481 e. The smallest absolute Gasteiger partial charge is 0.308 e. The van der Waals surface area contributed by atoms with Crippen molar-refractivity contribution >= 4 is 33.7 Å². The van der Waals surface area contributed by atoms with E-state index in [2.05, 4.69) is 15.9 Å². The molecule has 6 heteroatoms. The fourth-order valence-electron chi connectivity index (χ4n) is 2.47. The van der Waals surface area contributed by atoms with Crippen LogP contribution in [0.1, 0.15) is 41.0 Å². The van der Waals surface area contributed by atoms with Gasteiger partial charge in [-0.3, -0.25) is 19.3 Å². The summed E-state index contributed by atoms with van der Waals surface area (Å²) in [5, 5.41) is 9.26. The van der Waals surface area contributed by atoms with Crippen LogP contribution in [0.15, 0.2) is 22.7 Å². The van der Waals surface area contributed by atoms with Crippen LogP contribution in [0.5, 0.6) is 0 Å². The van der Waals surface area contributed by atoms with Crippen molar-refractivity contribution in [1.82, 2.24) is 4.90 Å². The minimum atomic E-state index is -0.985. The molecule has 0 bridgehead atoms. The first kappa shape index (κ1) is 15.7. The second-order valence-electron chi connectivity index (χ2n) is 5.58. The number of carboxylic acids is 1. The minimum Gasteiger partial charge on any atom is -0.481 e. The molecule has 0 saturated carbocycles. The molecule has 2 rings (SSSR count). The Balaban J connectivity index is 2.24. The molecule has 1 N–H and O–H groups in total. The zero-order valence-corrected chi connectivity index (χ0v) is 13.4. The van der Waals surface area contributed by atoms with Gasteiger partial charge in [0.2, 0.25) is 0 Å². The molecule has 0 radical (unpaired) electrons. The summed E-state index contributed by atoms with van der Waals surface area (Å²) in [6, 6.07) is 4.86. The third-order valence-corrected chi connectivity index (χ3v) is 3.93. The number of fused-ring (bicyclic) bond motifs is 1. The monoisotopic (exact) mass is 353 g/mol. The Bertz CT molecular complexity index is 612. The Labute approximate surface area is 131 Å². The van der Waals surface area contributed by atoms with E-state index in [0.717, 1.165) is 4.90 Å². The van der Waals surface area contributed by atoms with E-state index in [1.54, 1.807) is 18.2 Å². The van der Waals surface area contributed by atoms with E-state index in [-0.39, 0.29) is 12.5 Å². The van der Waals surface area contributed by atoms with Gasteiger partial charge in [0.25, 0.3) is 11.8 Å². The number of imide groups is 1. The van der Waals surface area contributed by atoms with Gasteiger partial charge in [-0.05, 0) is 30.5 Å². The Kier molecular flexibility index (Phi) is 4.46. The number of hydrogen-bond donors (Lipinski definition) is 1. The van der Waals surface area contributed by atoms with E-state index in [0.29, 0.717) is 22.0 Å². The molecule has 112 valence electrons. The second-order valence-corrected chi connectivity index (χ2v) is 6.49. The van der Waals surface area contributed by atoms with E-state index in [4.69, 9.17) is 0 Å². The van der Waals surface area contributed by atoms with Crippen LogP contribution in [-0.4, -0.2) is 34.3 Å². The van der Waals surface area contributed by atoms with Crippen LogP contribution in [-0.2, 0) is 4.79 Å². The number of benzene rings is 1. The SMILES string of the molecule is CC(C)CC(CN1C(=O)c2ccc(Br)cc2C1=O)C(=O)O. The number of carbonyl (C=O) groups excluding carboxylic acids is 2. The van der Waals surface area contributed by atoms with Crippen molar-refractivity contribution in [2.75, 3.05) is 6.54 Å². The van der Waals surface area contributed by atoms with Crippen molar-refractivity contribution in [3.05, 3.63) is 33.8 Å². The van der Waals surface area contributed by atoms with Crippen molar-refractivity contribution in [2.24, 2.45) is 11.8 Å². The zero-order chi connectivity index (χ0) is 15.7. The number of nitrogens with zero attached hydrogens (tertiary/aromatic N) is 1. The maximum atomic E-state index is 12.3. The van der Waals surface area contributed by atoms with Crippen LogP contribution in [0.25, 0.3) is 0 Å². The highest BCUT2D eigenvalue weighted by atomic mass is 79.9. The van der Waals surface area contributed by atoms with Crippen LogP contribution in [0.3, 0.4) is 0 Å². The maximum Gasteiger partial charge on any atom is 0.308 e. The molecule has 1 aliphatic heterocycles. The molecule has 1 atom stereocenters. The van der Waals surface area contributed by atoms with Gasteiger partial charge >= 0.3 is 5.97 Å². The fraction of sp³-hybridized carbons (Fsp3) is 0.400. The van der Waals surface area contributed by atoms with E-state index < -0.39 is 23.7 Å². The molecular weight excluding hydrogens is 338 g/mol. The van der Waals surface area contributed by atoms with Gasteiger partial charge in [-0.1, -0.05) is 29.8 Å². The number of hydrogen-bond acceptors (Lipinski definition) is 3. The van der Waals surface area contributed by atoms with E-state index in [1.807, 2.05) is 13.8 Å². The van der Waals surface area contributed by atoms with Crippen LogP contribution < -0.4 is 0 Å². The summed E-state index contributed by atoms with van der Waals surface area (Å²) in [7, 11) is 0. The number of rotatable bonds is 5. The summed E-state index contributed by atoms with van der Waals surface area (Å²) in [5.74, 6) is -2.39. The third-order valence-electron chi connectivity index (χ3n) is 3.44. The molecule has 1 aromatic carbocycles. The van der Waals surface area contributed by atoms with Gasteiger partial charge in [-0.2, -0.15) is 0 Å². The fourth-order valence-corrected chi connectivity index (χ4v) is 2.83. The molecule has 1 aromatic rings. The average molecular weight is 354 g/mol. The molecule has 0 aromatic heterocycles. The second kappa shape index (κ2) is 5.97. The zero-order valence-electron chi connectivity index (χ0n) is 11.8. The molecule has 0 spiro atoms. The number of amides is 2. The van der Waals surface area contributed by atoms with Gasteiger partial charge < -0.3 is 5.11 Å². The summed E-state index contributed by atoms with van der Waals surface area (Å²) in [4.78, 5) is 36.9. The third kappa shape index (κ3) is 3.15. The highest BCUT2D eigenvalue weighted by Crippen LogP contribution is 2.27. The molecule has 2 amide bonds. The lowest BCUT2D eigenvalue weighted by atomic mass is 9.96. The van der Waals surface area contributed by atoms with Crippen molar-refractivity contribution in [3.63, 3.8) is 0 Å². The minimum absolute atomic E-state index is 0.0858. The quantitative estimate of drug-likeness (QED) is 0.825. The predicted molar refractivity (Wildman–Crippen MR) is 80.1 cm³/mol. The first-order chi connectivity index (χ1) is 9.81. The maximum absolute atomic E-state index is 12.3. The lowest BCUT2D eigenvalue weighted by Gasteiger charge is -2.20. The molecule has 0 aliphatic carbocycles. The highest BCUT2D eigenvalue weighted by Gasteiger charge is 2.38. The van der Waals surface area contributed by atoms with Gasteiger partial charge in [-0.25, -0.2) is 0 Å². The molecule has 5 nitrogen and oxygen atoms in total. The Morgan fingerprint density at radius 2 is 1.86 bits per heavy atom. The van der Waals surface area contributed by atoms with Gasteiger partial charge in [0.15, 0.2) is 0 Å². The van der Waals surface area contributed by atoms with E-state index in [1.165, 1.54) is 0 Å². The molecule has 0 saturated heterocycles. The van der Waals surface area contributed by atoms with Crippen LogP contribution >= 0.6 is 15.9 Å². The van der Waals surface area contributed by atoms with Crippen molar-refractivity contribution in [1.29, 1.82) is 0 Å². The number of aliphatic carboxylic acids is 1. The van der Waals surface area contributed by atoms with Crippen molar-refractivity contribution in [2.45, 2.75) is 20.3 Å². The number of halogens is 1. The summed E-state index contributed by atoms with van der Waals surface area (Å²) < 4.78 is 0.709. The normalized spacial score (nSPS) is 15.5. The summed E-state index contributed by atoms with van der Waals surface area (Å²) in [6.07, 6.45) is 0.423. The van der Waals surface area contributed by atoms with E-state index >= 15 is 0 Å². The summed E-state index contributed by atoms with van der Waals surface area (Å²) in [5.41, 5.74) is 0.653. The van der Waals surface area contributed by atoms with Gasteiger partial charge in [-0.15, -0.1) is 0 Å². The summed E-state index contributed by atoms with van der Waals surface area (Å²) in [6.45, 7) is 3.74. The van der Waals surface area contributed by atoms with Gasteiger partial charge in [0, 0.05) is 11.0 Å². The predicted octanol–water partition coefficient (Wildman–Crippen LogP) is 2.79. The molecule has 1 aliphatic rings. The van der Waals surface area contributed by atoms with Crippen molar-refractivity contribution in [3.8, 4) is 0 Å². The first-order valence-electron chi connectivity index (χ1n) is 6.69. The van der Waals surface area contributed by atoms with Crippen LogP contribution in [0.4, 0.5) is 0 Å². The topological polar surface area (TPSA) is 74.7 Å². The van der Waals surface area contributed by atoms with E-state index in [9.17, 15) is 19.5 Å². The lowest BCUT2D eigenvalue weighted by molar-refractivity contribution is -0.142. The first-order valence-corrected chi connectivity index (χ1v) is 7.49. The number of carbonyl (C=O) groups is 3. The molecule has 0 fully saturated rings. The Morgan fingerprint density at radius 3 is 2.43 bits per heavy atom. The van der Waals surface area contributed by atoms with Gasteiger partial charge in [0.1, 0.15) is 0 Å². The van der Waals surface area contributed by atoms with Gasteiger partial charge in [0.05, 0.1) is 17.0 Å². The molecule has 1 heterocycles. The Hall–Kier alpha value is -1.69. The molecule has 21 heavy (non-hydrogen) atoms. The number of carboxylic acid groups (broad SMARTS) is 1. The lowest BCUT2D eigenvalue weighted by Crippen LogP contribution is -2.37. The standard InChI is InChI=1S/C15H16BrNO4/c1-8(2)5-9(15(20)21)7-17-13(18)11-4-3-10(16)6-12(11)14(17)19/h3-4,6,8-9H,5,7H2,1-2H3,(H,20,21). The molecular formula is C15H16BrNO4. The summed E-state index contributed by atoms with van der Waals surface area (Å²) >= 11 is 3.26. The van der Waals surface area contributed by atoms with Crippen LogP contribution in [0, 0.1) is 11.8 Å².